The Labute approximate surface area is 164 Å². The molecular weight excluding hydrogens is 378 g/mol. The largest absolute Gasteiger partial charge is 0.339 e. The van der Waals surface area contributed by atoms with E-state index in [2.05, 4.69) is 10.0 Å². The van der Waals surface area contributed by atoms with Crippen LogP contribution in [0.4, 0.5) is 5.69 Å². The molecular formula is C20H23N3O4S. The number of benzene rings is 2. The highest BCUT2D eigenvalue weighted by atomic mass is 32.2. The van der Waals surface area contributed by atoms with Crippen molar-refractivity contribution in [3.05, 3.63) is 59.7 Å². The number of carbonyl (C=O) groups excluding carboxylic acids is 2. The molecule has 28 heavy (non-hydrogen) atoms. The van der Waals surface area contributed by atoms with Crippen LogP contribution in [0.25, 0.3) is 0 Å². The number of nitrogens with one attached hydrogen (secondary N) is 2. The van der Waals surface area contributed by atoms with Gasteiger partial charge in [-0.1, -0.05) is 12.1 Å². The summed E-state index contributed by atoms with van der Waals surface area (Å²) in [5, 5.41) is 2.59. The highest BCUT2D eigenvalue weighted by molar-refractivity contribution is 7.89. The summed E-state index contributed by atoms with van der Waals surface area (Å²) >= 11 is 0. The highest BCUT2D eigenvalue weighted by Crippen LogP contribution is 2.16. The summed E-state index contributed by atoms with van der Waals surface area (Å²) in [5.74, 6) is -0.243. The second-order valence-corrected chi connectivity index (χ2v) is 8.50. The minimum absolute atomic E-state index is 0.0178. The predicted molar refractivity (Wildman–Crippen MR) is 106 cm³/mol. The average Bonchev–Trinajstić information content (AvgIpc) is 3.21. The monoisotopic (exact) mass is 401 g/mol. The molecule has 2 aromatic rings. The van der Waals surface area contributed by atoms with Gasteiger partial charge in [0.2, 0.25) is 15.9 Å². The zero-order chi connectivity index (χ0) is 20.1. The Morgan fingerprint density at radius 3 is 2.36 bits per heavy atom. The van der Waals surface area contributed by atoms with Crippen LogP contribution in [0.15, 0.2) is 53.4 Å². The van der Waals surface area contributed by atoms with Crippen molar-refractivity contribution in [2.75, 3.05) is 18.4 Å². The SMILES string of the molecule is CC(=O)Nc1ccc(S(=O)(=O)NCc2cccc(C(=O)N3CCCC3)c2)cc1. The fourth-order valence-electron chi connectivity index (χ4n) is 3.10. The van der Waals surface area contributed by atoms with Crippen molar-refractivity contribution in [2.24, 2.45) is 0 Å². The van der Waals surface area contributed by atoms with Crippen LogP contribution >= 0.6 is 0 Å². The van der Waals surface area contributed by atoms with E-state index in [9.17, 15) is 18.0 Å². The van der Waals surface area contributed by atoms with Crippen LogP contribution in [0, 0.1) is 0 Å². The maximum absolute atomic E-state index is 12.5. The van der Waals surface area contributed by atoms with Crippen molar-refractivity contribution >= 4 is 27.5 Å². The maximum Gasteiger partial charge on any atom is 0.253 e. The standard InChI is InChI=1S/C20H23N3O4S/c1-15(24)22-18-7-9-19(10-8-18)28(26,27)21-14-16-5-4-6-17(13-16)20(25)23-11-2-3-12-23/h4-10,13,21H,2-3,11-12,14H2,1H3,(H,22,24). The van der Waals surface area contributed by atoms with Gasteiger partial charge in [0, 0.05) is 37.8 Å². The molecule has 2 N–H and O–H groups in total. The normalized spacial score (nSPS) is 14.1. The van der Waals surface area contributed by atoms with Crippen LogP contribution in [0.5, 0.6) is 0 Å². The lowest BCUT2D eigenvalue weighted by molar-refractivity contribution is -0.114. The highest BCUT2D eigenvalue weighted by Gasteiger charge is 2.20. The first-order valence-corrected chi connectivity index (χ1v) is 10.6. The van der Waals surface area contributed by atoms with Gasteiger partial charge in [-0.15, -0.1) is 0 Å². The molecule has 1 aliphatic rings. The lowest BCUT2D eigenvalue weighted by Gasteiger charge is -2.15. The second kappa shape index (κ2) is 8.53. The zero-order valence-electron chi connectivity index (χ0n) is 15.6. The molecule has 2 amide bonds. The second-order valence-electron chi connectivity index (χ2n) is 6.73. The van der Waals surface area contributed by atoms with E-state index in [4.69, 9.17) is 0 Å². The fraction of sp³-hybridized carbons (Fsp3) is 0.300. The van der Waals surface area contributed by atoms with Crippen molar-refractivity contribution in [3.63, 3.8) is 0 Å². The Bertz CT molecular complexity index is 965. The molecule has 0 unspecified atom stereocenters. The smallest absolute Gasteiger partial charge is 0.253 e. The van der Waals surface area contributed by atoms with Crippen LogP contribution in [0.2, 0.25) is 0 Å². The van der Waals surface area contributed by atoms with Gasteiger partial charge in [-0.25, -0.2) is 13.1 Å². The average molecular weight is 401 g/mol. The first kappa shape index (κ1) is 20.0. The summed E-state index contributed by atoms with van der Waals surface area (Å²) in [6.45, 7) is 3.00. The van der Waals surface area contributed by atoms with Gasteiger partial charge in [-0.05, 0) is 54.8 Å². The van der Waals surface area contributed by atoms with Gasteiger partial charge in [0.1, 0.15) is 0 Å². The Hall–Kier alpha value is -2.71. The third-order valence-corrected chi connectivity index (χ3v) is 5.94. The number of sulfonamides is 1. The van der Waals surface area contributed by atoms with E-state index < -0.39 is 10.0 Å². The minimum Gasteiger partial charge on any atom is -0.339 e. The minimum atomic E-state index is -3.71. The number of likely N-dealkylation sites (tertiary alicyclic amines) is 1. The van der Waals surface area contributed by atoms with E-state index in [0.717, 1.165) is 25.9 Å². The Kier molecular flexibility index (Phi) is 6.11. The number of rotatable bonds is 6. The predicted octanol–water partition coefficient (Wildman–Crippen LogP) is 2.36. The summed E-state index contributed by atoms with van der Waals surface area (Å²) in [6.07, 6.45) is 2.04. The van der Waals surface area contributed by atoms with Crippen LogP contribution in [-0.2, 0) is 21.4 Å². The van der Waals surface area contributed by atoms with E-state index in [1.165, 1.54) is 31.2 Å². The molecule has 8 heteroatoms. The van der Waals surface area contributed by atoms with E-state index in [1.807, 2.05) is 4.90 Å². The van der Waals surface area contributed by atoms with E-state index >= 15 is 0 Å². The first-order chi connectivity index (χ1) is 13.3. The van der Waals surface area contributed by atoms with Crippen LogP contribution < -0.4 is 10.0 Å². The van der Waals surface area contributed by atoms with Gasteiger partial charge < -0.3 is 10.2 Å². The van der Waals surface area contributed by atoms with Gasteiger partial charge in [0.15, 0.2) is 0 Å². The van der Waals surface area contributed by atoms with Crippen molar-refractivity contribution < 1.29 is 18.0 Å². The molecule has 1 heterocycles. The molecule has 2 aromatic carbocycles. The third-order valence-electron chi connectivity index (χ3n) is 4.52. The van der Waals surface area contributed by atoms with Crippen molar-refractivity contribution in [1.82, 2.24) is 9.62 Å². The van der Waals surface area contributed by atoms with E-state index in [1.54, 1.807) is 24.3 Å². The summed E-state index contributed by atoms with van der Waals surface area (Å²) in [7, 11) is -3.71. The molecule has 1 saturated heterocycles. The van der Waals surface area contributed by atoms with Gasteiger partial charge in [-0.2, -0.15) is 0 Å². The van der Waals surface area contributed by atoms with Crippen molar-refractivity contribution in [3.8, 4) is 0 Å². The van der Waals surface area contributed by atoms with Gasteiger partial charge in [0.05, 0.1) is 4.90 Å². The maximum atomic E-state index is 12.5. The lowest BCUT2D eigenvalue weighted by Crippen LogP contribution is -2.28. The van der Waals surface area contributed by atoms with Crippen molar-refractivity contribution in [2.45, 2.75) is 31.2 Å². The van der Waals surface area contributed by atoms with Crippen LogP contribution in [0.3, 0.4) is 0 Å². The Morgan fingerprint density at radius 1 is 1.04 bits per heavy atom. The summed E-state index contributed by atoms with van der Waals surface area (Å²) in [5.41, 5.74) is 1.81. The molecule has 0 aliphatic carbocycles. The van der Waals surface area contributed by atoms with Crippen LogP contribution in [0.1, 0.15) is 35.7 Å². The van der Waals surface area contributed by atoms with Crippen molar-refractivity contribution in [1.29, 1.82) is 0 Å². The topological polar surface area (TPSA) is 95.6 Å². The number of hydrogen-bond acceptors (Lipinski definition) is 4. The summed E-state index contributed by atoms with van der Waals surface area (Å²) in [6, 6.07) is 12.9. The number of amides is 2. The Morgan fingerprint density at radius 2 is 1.71 bits per heavy atom. The molecule has 1 fully saturated rings. The fourth-order valence-corrected chi connectivity index (χ4v) is 4.12. The molecule has 0 atom stereocenters. The van der Waals surface area contributed by atoms with Gasteiger partial charge in [0.25, 0.3) is 5.91 Å². The summed E-state index contributed by atoms with van der Waals surface area (Å²) < 4.78 is 27.5. The zero-order valence-corrected chi connectivity index (χ0v) is 16.5. The number of nitrogens with zero attached hydrogens (tertiary/aromatic N) is 1. The number of anilines is 1. The van der Waals surface area contributed by atoms with Gasteiger partial charge in [-0.3, -0.25) is 9.59 Å². The quantitative estimate of drug-likeness (QED) is 0.777. The molecule has 0 aromatic heterocycles. The summed E-state index contributed by atoms with van der Waals surface area (Å²) in [4.78, 5) is 25.5. The van der Waals surface area contributed by atoms with E-state index in [0.29, 0.717) is 16.8 Å². The van der Waals surface area contributed by atoms with E-state index in [-0.39, 0.29) is 23.3 Å². The van der Waals surface area contributed by atoms with Crippen LogP contribution in [-0.4, -0.2) is 38.2 Å². The molecule has 3 rings (SSSR count). The number of carbonyl (C=O) groups is 2. The Balaban J connectivity index is 1.66. The molecule has 0 saturated carbocycles. The lowest BCUT2D eigenvalue weighted by atomic mass is 10.1. The third kappa shape index (κ3) is 4.96. The van der Waals surface area contributed by atoms with Gasteiger partial charge >= 0.3 is 0 Å². The molecule has 1 aliphatic heterocycles. The molecule has 148 valence electrons. The number of hydrogen-bond donors (Lipinski definition) is 2. The molecule has 0 radical (unpaired) electrons. The molecule has 7 nitrogen and oxygen atoms in total. The molecule has 0 bridgehead atoms. The first-order valence-electron chi connectivity index (χ1n) is 9.11. The molecule has 0 spiro atoms.